The van der Waals surface area contributed by atoms with E-state index in [1.54, 1.807) is 6.08 Å². The summed E-state index contributed by atoms with van der Waals surface area (Å²) in [7, 11) is -3.43. The van der Waals surface area contributed by atoms with Crippen LogP contribution >= 0.6 is 0 Å². The number of nitrogens with one attached hydrogen (secondary N) is 1. The van der Waals surface area contributed by atoms with Crippen molar-refractivity contribution >= 4 is 16.1 Å². The lowest BCUT2D eigenvalue weighted by Gasteiger charge is -2.11. The molecule has 0 aromatic heterocycles. The van der Waals surface area contributed by atoms with E-state index in [2.05, 4.69) is 4.72 Å². The van der Waals surface area contributed by atoms with Gasteiger partial charge < -0.3 is 5.11 Å². The van der Waals surface area contributed by atoms with Gasteiger partial charge in [-0.05, 0) is 31.4 Å². The minimum atomic E-state index is -3.43. The van der Waals surface area contributed by atoms with E-state index in [4.69, 9.17) is 5.11 Å². The van der Waals surface area contributed by atoms with Crippen molar-refractivity contribution in [2.24, 2.45) is 5.41 Å². The lowest BCUT2D eigenvalue weighted by atomic mass is 10.1. The highest BCUT2D eigenvalue weighted by Gasteiger charge is 2.42. The lowest BCUT2D eigenvalue weighted by molar-refractivity contribution is 0.213. The Morgan fingerprint density at radius 3 is 2.47 bits per heavy atom. The molecule has 5 heteroatoms. The van der Waals surface area contributed by atoms with Gasteiger partial charge in [-0.1, -0.05) is 29.8 Å². The fraction of sp³-hybridized carbons (Fsp3) is 0.429. The van der Waals surface area contributed by atoms with E-state index in [9.17, 15) is 8.42 Å². The zero-order chi connectivity index (χ0) is 13.9. The Morgan fingerprint density at radius 2 is 1.95 bits per heavy atom. The maximum absolute atomic E-state index is 11.8. The average molecular weight is 281 g/mol. The molecule has 4 nitrogen and oxygen atoms in total. The van der Waals surface area contributed by atoms with E-state index in [-0.39, 0.29) is 12.0 Å². The summed E-state index contributed by atoms with van der Waals surface area (Å²) in [6.07, 6.45) is 3.34. The van der Waals surface area contributed by atoms with Gasteiger partial charge in [-0.2, -0.15) is 0 Å². The molecule has 0 aliphatic heterocycles. The molecule has 1 aromatic rings. The third-order valence-corrected chi connectivity index (χ3v) is 4.50. The molecule has 0 heterocycles. The summed E-state index contributed by atoms with van der Waals surface area (Å²) in [5, 5.41) is 10.3. The minimum absolute atomic E-state index is 0.0389. The number of hydrogen-bond acceptors (Lipinski definition) is 3. The summed E-state index contributed by atoms with van der Waals surface area (Å²) >= 11 is 0. The monoisotopic (exact) mass is 281 g/mol. The Morgan fingerprint density at radius 1 is 1.32 bits per heavy atom. The van der Waals surface area contributed by atoms with E-state index < -0.39 is 10.0 Å². The standard InChI is InChI=1S/C14H19NO3S/c1-12-2-4-13(5-3-12)6-9-19(17,18)15-10-14(11-16)7-8-14/h2-6,9,15-16H,7-8,10-11H2,1H3/b9-6+. The predicted octanol–water partition coefficient (Wildman–Crippen LogP) is 1.66. The fourth-order valence-corrected chi connectivity index (χ4v) is 2.65. The SMILES string of the molecule is Cc1ccc(/C=C/S(=O)(=O)NCC2(CO)CC2)cc1. The maximum Gasteiger partial charge on any atom is 0.233 e. The van der Waals surface area contributed by atoms with Crippen LogP contribution in [0.3, 0.4) is 0 Å². The molecule has 1 saturated carbocycles. The number of hydrogen-bond donors (Lipinski definition) is 2. The lowest BCUT2D eigenvalue weighted by Crippen LogP contribution is -2.30. The Hall–Kier alpha value is -1.17. The summed E-state index contributed by atoms with van der Waals surface area (Å²) in [4.78, 5) is 0. The molecule has 1 aliphatic rings. The highest BCUT2D eigenvalue weighted by atomic mass is 32.2. The van der Waals surface area contributed by atoms with Crippen molar-refractivity contribution in [3.63, 3.8) is 0 Å². The highest BCUT2D eigenvalue weighted by Crippen LogP contribution is 2.44. The van der Waals surface area contributed by atoms with Gasteiger partial charge in [0.05, 0.1) is 0 Å². The van der Waals surface area contributed by atoms with Crippen LogP contribution in [0.2, 0.25) is 0 Å². The van der Waals surface area contributed by atoms with E-state index in [0.717, 1.165) is 24.0 Å². The van der Waals surface area contributed by atoms with Gasteiger partial charge in [-0.3, -0.25) is 0 Å². The second kappa shape index (κ2) is 5.45. The largest absolute Gasteiger partial charge is 0.396 e. The van der Waals surface area contributed by atoms with Crippen LogP contribution in [0.5, 0.6) is 0 Å². The van der Waals surface area contributed by atoms with Gasteiger partial charge in [-0.25, -0.2) is 13.1 Å². The zero-order valence-electron chi connectivity index (χ0n) is 11.0. The van der Waals surface area contributed by atoms with Gasteiger partial charge in [0.1, 0.15) is 0 Å². The van der Waals surface area contributed by atoms with Crippen molar-refractivity contribution in [1.82, 2.24) is 4.72 Å². The van der Waals surface area contributed by atoms with Gasteiger partial charge >= 0.3 is 0 Å². The van der Waals surface area contributed by atoms with Crippen molar-refractivity contribution in [2.75, 3.05) is 13.2 Å². The van der Waals surface area contributed by atoms with E-state index in [1.807, 2.05) is 31.2 Å². The predicted molar refractivity (Wildman–Crippen MR) is 75.9 cm³/mol. The molecule has 1 fully saturated rings. The van der Waals surface area contributed by atoms with Crippen LogP contribution in [0.1, 0.15) is 24.0 Å². The summed E-state index contributed by atoms with van der Waals surface area (Å²) in [6.45, 7) is 2.33. The first-order valence-corrected chi connectivity index (χ1v) is 7.85. The van der Waals surface area contributed by atoms with E-state index in [0.29, 0.717) is 6.54 Å². The summed E-state index contributed by atoms with van der Waals surface area (Å²) in [5.41, 5.74) is 1.76. The molecule has 1 aromatic carbocycles. The normalized spacial score (nSPS) is 17.8. The van der Waals surface area contributed by atoms with Gasteiger partial charge in [-0.15, -0.1) is 0 Å². The smallest absolute Gasteiger partial charge is 0.233 e. The van der Waals surface area contributed by atoms with Crippen molar-refractivity contribution in [3.8, 4) is 0 Å². The van der Waals surface area contributed by atoms with Crippen molar-refractivity contribution in [3.05, 3.63) is 40.8 Å². The second-order valence-electron chi connectivity index (χ2n) is 5.24. The molecular formula is C14H19NO3S. The molecule has 19 heavy (non-hydrogen) atoms. The fourth-order valence-electron chi connectivity index (χ4n) is 1.72. The molecule has 0 bridgehead atoms. The summed E-state index contributed by atoms with van der Waals surface area (Å²) in [5.74, 6) is 0. The number of benzene rings is 1. The number of sulfonamides is 1. The summed E-state index contributed by atoms with van der Waals surface area (Å²) < 4.78 is 26.1. The molecule has 1 aliphatic carbocycles. The quantitative estimate of drug-likeness (QED) is 0.833. The first-order valence-electron chi connectivity index (χ1n) is 6.30. The molecule has 2 rings (SSSR count). The highest BCUT2D eigenvalue weighted by molar-refractivity contribution is 7.92. The van der Waals surface area contributed by atoms with Crippen molar-refractivity contribution in [2.45, 2.75) is 19.8 Å². The van der Waals surface area contributed by atoms with E-state index in [1.165, 1.54) is 5.41 Å². The van der Waals surface area contributed by atoms with Crippen LogP contribution in [-0.2, 0) is 10.0 Å². The number of aliphatic hydroxyl groups excluding tert-OH is 1. The Labute approximate surface area is 114 Å². The molecule has 0 spiro atoms. The average Bonchev–Trinajstić information content (AvgIpc) is 3.17. The Kier molecular flexibility index (Phi) is 4.08. The second-order valence-corrected chi connectivity index (χ2v) is 6.89. The molecule has 0 amide bonds. The van der Waals surface area contributed by atoms with Crippen molar-refractivity contribution < 1.29 is 13.5 Å². The zero-order valence-corrected chi connectivity index (χ0v) is 11.8. The minimum Gasteiger partial charge on any atom is -0.396 e. The molecule has 0 saturated heterocycles. The molecule has 2 N–H and O–H groups in total. The number of aliphatic hydroxyl groups is 1. The third kappa shape index (κ3) is 4.16. The van der Waals surface area contributed by atoms with Crippen LogP contribution in [0.4, 0.5) is 0 Å². The maximum atomic E-state index is 11.8. The number of aryl methyl sites for hydroxylation is 1. The van der Waals surface area contributed by atoms with Crippen LogP contribution in [-0.4, -0.2) is 26.7 Å². The van der Waals surface area contributed by atoms with Crippen LogP contribution < -0.4 is 4.72 Å². The van der Waals surface area contributed by atoms with Crippen LogP contribution in [0, 0.1) is 12.3 Å². The van der Waals surface area contributed by atoms with Gasteiger partial charge in [0.25, 0.3) is 0 Å². The van der Waals surface area contributed by atoms with Gasteiger partial charge in [0, 0.05) is 24.0 Å². The molecule has 104 valence electrons. The van der Waals surface area contributed by atoms with Crippen molar-refractivity contribution in [1.29, 1.82) is 0 Å². The van der Waals surface area contributed by atoms with Gasteiger partial charge in [0.2, 0.25) is 10.0 Å². The Bertz CT molecular complexity index is 557. The van der Waals surface area contributed by atoms with E-state index >= 15 is 0 Å². The Balaban J connectivity index is 1.95. The van der Waals surface area contributed by atoms with Gasteiger partial charge in [0.15, 0.2) is 0 Å². The molecule has 0 radical (unpaired) electrons. The molecular weight excluding hydrogens is 262 g/mol. The first kappa shape index (κ1) is 14.2. The topological polar surface area (TPSA) is 66.4 Å². The summed E-state index contributed by atoms with van der Waals surface area (Å²) in [6, 6.07) is 7.62. The van der Waals surface area contributed by atoms with Crippen LogP contribution in [0.25, 0.3) is 6.08 Å². The first-order chi connectivity index (χ1) is 8.95. The third-order valence-electron chi connectivity index (χ3n) is 3.46. The number of rotatable bonds is 6. The van der Waals surface area contributed by atoms with Crippen LogP contribution in [0.15, 0.2) is 29.7 Å². The molecule has 0 atom stereocenters. The molecule has 0 unspecified atom stereocenters.